The van der Waals surface area contributed by atoms with Gasteiger partial charge in [0, 0.05) is 20.6 Å². The van der Waals surface area contributed by atoms with E-state index in [-0.39, 0.29) is 5.91 Å². The number of hydrogen-bond donors (Lipinski definition) is 1. The summed E-state index contributed by atoms with van der Waals surface area (Å²) < 4.78 is 0. The van der Waals surface area contributed by atoms with Gasteiger partial charge in [-0.05, 0) is 42.6 Å². The molecular weight excluding hydrogens is 306 g/mol. The molecule has 0 atom stereocenters. The second-order valence-corrected chi connectivity index (χ2v) is 8.48. The third-order valence-electron chi connectivity index (χ3n) is 3.53. The highest BCUT2D eigenvalue weighted by Gasteiger charge is 2.18. The van der Waals surface area contributed by atoms with E-state index in [1.807, 2.05) is 32.0 Å². The molecule has 1 rings (SSSR count). The van der Waals surface area contributed by atoms with Gasteiger partial charge >= 0.3 is 0 Å². The summed E-state index contributed by atoms with van der Waals surface area (Å²) in [6.07, 6.45) is 2.09. The number of thioether (sulfide) groups is 1. The topological polar surface area (TPSA) is 45.2 Å². The van der Waals surface area contributed by atoms with Crippen molar-refractivity contribution in [1.82, 2.24) is 10.3 Å². The predicted molar refractivity (Wildman–Crippen MR) is 101 cm³/mol. The van der Waals surface area contributed by atoms with Crippen LogP contribution < -0.4 is 10.2 Å². The first-order valence-electron chi connectivity index (χ1n) is 8.25. The molecule has 0 aromatic carbocycles. The molecule has 0 radical (unpaired) electrons. The lowest BCUT2D eigenvalue weighted by Crippen LogP contribution is -2.27. The minimum absolute atomic E-state index is 0.00911. The van der Waals surface area contributed by atoms with Crippen molar-refractivity contribution in [2.45, 2.75) is 52.5 Å². The average Bonchev–Trinajstić information content (AvgIpc) is 2.42. The smallest absolute Gasteiger partial charge is 0.254 e. The van der Waals surface area contributed by atoms with Gasteiger partial charge in [-0.3, -0.25) is 4.79 Å². The molecule has 0 saturated carbocycles. The number of carbonyl (C=O) groups is 1. The standard InChI is InChI=1S/C18H31N3OS/c1-8-23-17-15(13(2)12-14(20-17)21(6)7)16(22)19-11-9-10-18(3,4)5/h12H,8-11H2,1-7H3,(H,19,22). The fraction of sp³-hybridized carbons (Fsp3) is 0.667. The fourth-order valence-corrected chi connectivity index (χ4v) is 3.11. The minimum Gasteiger partial charge on any atom is -0.363 e. The van der Waals surface area contributed by atoms with Crippen LogP contribution >= 0.6 is 11.8 Å². The van der Waals surface area contributed by atoms with Gasteiger partial charge in [-0.25, -0.2) is 4.98 Å². The summed E-state index contributed by atoms with van der Waals surface area (Å²) in [6.45, 7) is 11.4. The molecular formula is C18H31N3OS. The number of aryl methyl sites for hydroxylation is 1. The fourth-order valence-electron chi connectivity index (χ4n) is 2.28. The van der Waals surface area contributed by atoms with E-state index in [9.17, 15) is 4.79 Å². The molecule has 0 bridgehead atoms. The van der Waals surface area contributed by atoms with E-state index in [0.717, 1.165) is 40.6 Å². The van der Waals surface area contributed by atoms with Crippen molar-refractivity contribution in [3.63, 3.8) is 0 Å². The Morgan fingerprint density at radius 3 is 2.52 bits per heavy atom. The molecule has 0 fully saturated rings. The van der Waals surface area contributed by atoms with Crippen LogP contribution in [-0.4, -0.2) is 37.3 Å². The van der Waals surface area contributed by atoms with E-state index in [2.05, 4.69) is 38.0 Å². The Morgan fingerprint density at radius 2 is 2.00 bits per heavy atom. The highest BCUT2D eigenvalue weighted by Crippen LogP contribution is 2.27. The lowest BCUT2D eigenvalue weighted by Gasteiger charge is -2.19. The third kappa shape index (κ3) is 6.42. The largest absolute Gasteiger partial charge is 0.363 e. The van der Waals surface area contributed by atoms with E-state index in [0.29, 0.717) is 12.0 Å². The molecule has 1 aromatic rings. The highest BCUT2D eigenvalue weighted by atomic mass is 32.2. The van der Waals surface area contributed by atoms with Crippen molar-refractivity contribution >= 4 is 23.5 Å². The molecule has 0 aliphatic carbocycles. The van der Waals surface area contributed by atoms with Crippen LogP contribution in [0, 0.1) is 12.3 Å². The number of aromatic nitrogens is 1. The van der Waals surface area contributed by atoms with Crippen molar-refractivity contribution in [3.8, 4) is 0 Å². The van der Waals surface area contributed by atoms with Crippen LogP contribution in [0.15, 0.2) is 11.1 Å². The van der Waals surface area contributed by atoms with E-state index in [4.69, 9.17) is 0 Å². The molecule has 130 valence electrons. The quantitative estimate of drug-likeness (QED) is 0.600. The SMILES string of the molecule is CCSc1nc(N(C)C)cc(C)c1C(=O)NCCCC(C)(C)C. The summed E-state index contributed by atoms with van der Waals surface area (Å²) in [5.74, 6) is 1.78. The monoisotopic (exact) mass is 337 g/mol. The highest BCUT2D eigenvalue weighted by molar-refractivity contribution is 7.99. The molecule has 4 nitrogen and oxygen atoms in total. The van der Waals surface area contributed by atoms with Crippen molar-refractivity contribution in [3.05, 3.63) is 17.2 Å². The summed E-state index contributed by atoms with van der Waals surface area (Å²) in [4.78, 5) is 19.2. The normalized spacial score (nSPS) is 11.4. The number of pyridine rings is 1. The number of amides is 1. The second kappa shape index (κ2) is 8.57. The van der Waals surface area contributed by atoms with Crippen LogP contribution in [0.3, 0.4) is 0 Å². The summed E-state index contributed by atoms with van der Waals surface area (Å²) in [7, 11) is 3.93. The van der Waals surface area contributed by atoms with Crippen LogP contribution in [0.5, 0.6) is 0 Å². The lowest BCUT2D eigenvalue weighted by atomic mass is 9.91. The van der Waals surface area contributed by atoms with Crippen LogP contribution in [-0.2, 0) is 0 Å². The van der Waals surface area contributed by atoms with Crippen LogP contribution in [0.4, 0.5) is 5.82 Å². The van der Waals surface area contributed by atoms with Gasteiger partial charge in [0.15, 0.2) is 0 Å². The van der Waals surface area contributed by atoms with Gasteiger partial charge in [-0.15, -0.1) is 11.8 Å². The van der Waals surface area contributed by atoms with Crippen LogP contribution in [0.25, 0.3) is 0 Å². The van der Waals surface area contributed by atoms with Crippen molar-refractivity contribution in [2.75, 3.05) is 31.3 Å². The van der Waals surface area contributed by atoms with Crippen molar-refractivity contribution in [2.24, 2.45) is 5.41 Å². The van der Waals surface area contributed by atoms with E-state index in [1.54, 1.807) is 11.8 Å². The zero-order valence-electron chi connectivity index (χ0n) is 15.6. The summed E-state index contributed by atoms with van der Waals surface area (Å²) in [5.41, 5.74) is 2.00. The Kier molecular flexibility index (Phi) is 7.39. The second-order valence-electron chi connectivity index (χ2n) is 7.23. The summed E-state index contributed by atoms with van der Waals surface area (Å²) in [6, 6.07) is 1.98. The first-order chi connectivity index (χ1) is 10.7. The summed E-state index contributed by atoms with van der Waals surface area (Å²) >= 11 is 1.62. The molecule has 0 aliphatic heterocycles. The van der Waals surface area contributed by atoms with Gasteiger partial charge in [0.1, 0.15) is 10.8 Å². The molecule has 1 aromatic heterocycles. The first-order valence-corrected chi connectivity index (χ1v) is 9.24. The molecule has 0 unspecified atom stereocenters. The van der Waals surface area contributed by atoms with Crippen molar-refractivity contribution in [1.29, 1.82) is 0 Å². The van der Waals surface area contributed by atoms with Gasteiger partial charge in [0.05, 0.1) is 5.56 Å². The van der Waals surface area contributed by atoms with Gasteiger partial charge in [-0.1, -0.05) is 27.7 Å². The van der Waals surface area contributed by atoms with E-state index >= 15 is 0 Å². The molecule has 5 heteroatoms. The Hall–Kier alpha value is -1.23. The lowest BCUT2D eigenvalue weighted by molar-refractivity contribution is 0.0947. The maximum atomic E-state index is 12.6. The molecule has 1 amide bonds. The number of nitrogens with one attached hydrogen (secondary N) is 1. The minimum atomic E-state index is -0.00911. The zero-order valence-corrected chi connectivity index (χ0v) is 16.4. The Balaban J connectivity index is 2.86. The summed E-state index contributed by atoms with van der Waals surface area (Å²) in [5, 5.41) is 3.88. The molecule has 23 heavy (non-hydrogen) atoms. The number of nitrogens with zero attached hydrogens (tertiary/aromatic N) is 2. The number of hydrogen-bond acceptors (Lipinski definition) is 4. The van der Waals surface area contributed by atoms with Crippen LogP contribution in [0.2, 0.25) is 0 Å². The molecule has 1 heterocycles. The molecule has 0 spiro atoms. The Morgan fingerprint density at radius 1 is 1.35 bits per heavy atom. The van der Waals surface area contributed by atoms with Gasteiger partial charge < -0.3 is 10.2 Å². The van der Waals surface area contributed by atoms with E-state index < -0.39 is 0 Å². The third-order valence-corrected chi connectivity index (χ3v) is 4.38. The number of carbonyl (C=O) groups excluding carboxylic acids is 1. The van der Waals surface area contributed by atoms with Gasteiger partial charge in [0.2, 0.25) is 0 Å². The number of anilines is 1. The van der Waals surface area contributed by atoms with E-state index in [1.165, 1.54) is 0 Å². The van der Waals surface area contributed by atoms with Gasteiger partial charge in [0.25, 0.3) is 5.91 Å². The average molecular weight is 338 g/mol. The molecule has 0 aliphatic rings. The maximum absolute atomic E-state index is 12.6. The Labute approximate surface area is 145 Å². The Bertz CT molecular complexity index is 536. The molecule has 1 N–H and O–H groups in total. The molecule has 0 saturated heterocycles. The number of rotatable bonds is 7. The maximum Gasteiger partial charge on any atom is 0.254 e. The zero-order chi connectivity index (χ0) is 17.6. The van der Waals surface area contributed by atoms with Crippen LogP contribution in [0.1, 0.15) is 56.5 Å². The first kappa shape index (κ1) is 19.8. The predicted octanol–water partition coefficient (Wildman–Crippen LogP) is 4.12. The van der Waals surface area contributed by atoms with Gasteiger partial charge in [-0.2, -0.15) is 0 Å². The van der Waals surface area contributed by atoms with Crippen molar-refractivity contribution < 1.29 is 4.79 Å².